The maximum atomic E-state index is 11.6. The number of ether oxygens (including phenoxy) is 1. The molecule has 0 aliphatic rings. The lowest BCUT2D eigenvalue weighted by Gasteiger charge is -2.13. The monoisotopic (exact) mass is 294 g/mol. The number of carbonyl (C=O) groups is 3. The number of amides is 2. The van der Waals surface area contributed by atoms with Gasteiger partial charge in [-0.3, -0.25) is 9.59 Å². The molecule has 2 amide bonds. The van der Waals surface area contributed by atoms with Crippen LogP contribution in [0.15, 0.2) is 24.3 Å². The predicted molar refractivity (Wildman–Crippen MR) is 74.7 cm³/mol. The van der Waals surface area contributed by atoms with E-state index in [1.807, 2.05) is 13.0 Å². The highest BCUT2D eigenvalue weighted by Gasteiger charge is 2.22. The zero-order valence-electron chi connectivity index (χ0n) is 11.7. The number of carboxylic acid groups (broad SMARTS) is 1. The fraction of sp³-hybridized carbons (Fsp3) is 0.357. The van der Waals surface area contributed by atoms with E-state index in [-0.39, 0.29) is 6.61 Å². The van der Waals surface area contributed by atoms with Gasteiger partial charge in [-0.15, -0.1) is 0 Å². The Morgan fingerprint density at radius 3 is 2.67 bits per heavy atom. The summed E-state index contributed by atoms with van der Waals surface area (Å²) in [6.45, 7) is 1.66. The van der Waals surface area contributed by atoms with Crippen LogP contribution < -0.4 is 15.8 Å². The predicted octanol–water partition coefficient (Wildman–Crippen LogP) is 0.0726. The third-order valence-corrected chi connectivity index (χ3v) is 2.72. The fourth-order valence-electron chi connectivity index (χ4n) is 1.64. The first kappa shape index (κ1) is 16.5. The van der Waals surface area contributed by atoms with E-state index in [1.54, 1.807) is 18.2 Å². The number of nitrogens with one attached hydrogen (secondary N) is 1. The molecule has 0 saturated heterocycles. The van der Waals surface area contributed by atoms with Gasteiger partial charge >= 0.3 is 5.97 Å². The Bertz CT molecular complexity index is 530. The first-order valence-electron chi connectivity index (χ1n) is 6.44. The number of benzene rings is 1. The molecule has 21 heavy (non-hydrogen) atoms. The lowest BCUT2D eigenvalue weighted by Crippen LogP contribution is -2.45. The molecule has 1 aromatic rings. The van der Waals surface area contributed by atoms with E-state index in [0.717, 1.165) is 12.0 Å². The highest BCUT2D eigenvalue weighted by atomic mass is 16.5. The van der Waals surface area contributed by atoms with E-state index in [0.29, 0.717) is 5.75 Å². The van der Waals surface area contributed by atoms with Crippen LogP contribution in [-0.2, 0) is 20.8 Å². The molecule has 0 fully saturated rings. The standard InChI is InChI=1S/C14H18N2O5/c1-2-9-4-3-5-10(6-9)21-8-13(18)16-11(14(19)20)7-12(15)17/h3-6,11H,2,7-8H2,1H3,(H2,15,17)(H,16,18)(H,19,20)/t11-/m1/s1. The second-order valence-electron chi connectivity index (χ2n) is 4.42. The molecular weight excluding hydrogens is 276 g/mol. The van der Waals surface area contributed by atoms with Gasteiger partial charge in [0, 0.05) is 0 Å². The van der Waals surface area contributed by atoms with Gasteiger partial charge in [0.15, 0.2) is 6.61 Å². The second-order valence-corrected chi connectivity index (χ2v) is 4.42. The fourth-order valence-corrected chi connectivity index (χ4v) is 1.64. The average molecular weight is 294 g/mol. The third-order valence-electron chi connectivity index (χ3n) is 2.72. The van der Waals surface area contributed by atoms with Crippen molar-refractivity contribution >= 4 is 17.8 Å². The van der Waals surface area contributed by atoms with E-state index >= 15 is 0 Å². The summed E-state index contributed by atoms with van der Waals surface area (Å²) >= 11 is 0. The van der Waals surface area contributed by atoms with Gasteiger partial charge < -0.3 is 20.9 Å². The molecule has 0 unspecified atom stereocenters. The first-order valence-corrected chi connectivity index (χ1v) is 6.44. The number of hydrogen-bond acceptors (Lipinski definition) is 4. The van der Waals surface area contributed by atoms with Gasteiger partial charge in [-0.25, -0.2) is 4.79 Å². The summed E-state index contributed by atoms with van der Waals surface area (Å²) in [6.07, 6.45) is 0.371. The minimum Gasteiger partial charge on any atom is -0.484 e. The summed E-state index contributed by atoms with van der Waals surface area (Å²) in [4.78, 5) is 33.2. The van der Waals surface area contributed by atoms with E-state index in [4.69, 9.17) is 15.6 Å². The number of hydrogen-bond donors (Lipinski definition) is 3. The molecule has 4 N–H and O–H groups in total. The summed E-state index contributed by atoms with van der Waals surface area (Å²) in [7, 11) is 0. The second kappa shape index (κ2) is 7.88. The Morgan fingerprint density at radius 1 is 1.38 bits per heavy atom. The van der Waals surface area contributed by atoms with Crippen LogP contribution in [0, 0.1) is 0 Å². The molecule has 1 rings (SSSR count). The van der Waals surface area contributed by atoms with Crippen LogP contribution in [0.3, 0.4) is 0 Å². The van der Waals surface area contributed by atoms with E-state index < -0.39 is 30.2 Å². The number of primary amides is 1. The molecule has 0 heterocycles. The molecule has 7 nitrogen and oxygen atoms in total. The Kier molecular flexibility index (Phi) is 6.19. The van der Waals surface area contributed by atoms with Crippen molar-refractivity contribution in [2.75, 3.05) is 6.61 Å². The van der Waals surface area contributed by atoms with Crippen LogP contribution in [0.25, 0.3) is 0 Å². The van der Waals surface area contributed by atoms with Gasteiger partial charge in [0.25, 0.3) is 5.91 Å². The number of carbonyl (C=O) groups excluding carboxylic acids is 2. The van der Waals surface area contributed by atoms with Gasteiger partial charge in [0.05, 0.1) is 6.42 Å². The number of aliphatic carboxylic acids is 1. The van der Waals surface area contributed by atoms with Gasteiger partial charge in [0.1, 0.15) is 11.8 Å². The maximum absolute atomic E-state index is 11.6. The van der Waals surface area contributed by atoms with Crippen molar-refractivity contribution in [3.8, 4) is 5.75 Å². The van der Waals surface area contributed by atoms with Crippen LogP contribution in [-0.4, -0.2) is 35.5 Å². The van der Waals surface area contributed by atoms with Crippen LogP contribution in [0.2, 0.25) is 0 Å². The summed E-state index contributed by atoms with van der Waals surface area (Å²) < 4.78 is 5.27. The zero-order chi connectivity index (χ0) is 15.8. The highest BCUT2D eigenvalue weighted by Crippen LogP contribution is 2.13. The third kappa shape index (κ3) is 5.94. The molecule has 0 aromatic heterocycles. The highest BCUT2D eigenvalue weighted by molar-refractivity contribution is 5.88. The Hall–Kier alpha value is -2.57. The summed E-state index contributed by atoms with van der Waals surface area (Å²) in [6, 6.07) is 5.88. The topological polar surface area (TPSA) is 119 Å². The van der Waals surface area contributed by atoms with Crippen molar-refractivity contribution in [3.05, 3.63) is 29.8 Å². The molecule has 1 atom stereocenters. The van der Waals surface area contributed by atoms with Gasteiger partial charge in [-0.1, -0.05) is 19.1 Å². The van der Waals surface area contributed by atoms with Crippen molar-refractivity contribution in [3.63, 3.8) is 0 Å². The Balaban J connectivity index is 2.52. The zero-order valence-corrected chi connectivity index (χ0v) is 11.7. The van der Waals surface area contributed by atoms with Crippen LogP contribution >= 0.6 is 0 Å². The molecule has 0 bridgehead atoms. The number of rotatable bonds is 8. The molecule has 0 saturated carbocycles. The molecule has 0 aliphatic heterocycles. The van der Waals surface area contributed by atoms with E-state index in [9.17, 15) is 14.4 Å². The van der Waals surface area contributed by atoms with Gasteiger partial charge in [-0.2, -0.15) is 0 Å². The van der Waals surface area contributed by atoms with Crippen LogP contribution in [0.1, 0.15) is 18.9 Å². The van der Waals surface area contributed by atoms with E-state index in [1.165, 1.54) is 0 Å². The molecule has 0 aliphatic carbocycles. The first-order chi connectivity index (χ1) is 9.92. The quantitative estimate of drug-likeness (QED) is 0.627. The Morgan fingerprint density at radius 2 is 2.10 bits per heavy atom. The minimum atomic E-state index is -1.35. The lowest BCUT2D eigenvalue weighted by atomic mass is 10.2. The van der Waals surface area contributed by atoms with Crippen molar-refractivity contribution in [1.82, 2.24) is 5.32 Å². The number of nitrogens with two attached hydrogens (primary N) is 1. The van der Waals surface area contributed by atoms with Crippen molar-refractivity contribution in [1.29, 1.82) is 0 Å². The van der Waals surface area contributed by atoms with Gasteiger partial charge in [0.2, 0.25) is 5.91 Å². The molecular formula is C14H18N2O5. The summed E-state index contributed by atoms with van der Waals surface area (Å²) in [5.41, 5.74) is 5.98. The minimum absolute atomic E-state index is 0.338. The Labute approximate surface area is 122 Å². The van der Waals surface area contributed by atoms with Crippen molar-refractivity contribution in [2.24, 2.45) is 5.73 Å². The SMILES string of the molecule is CCc1cccc(OCC(=O)N[C@H](CC(N)=O)C(=O)O)c1. The number of aryl methyl sites for hydroxylation is 1. The largest absolute Gasteiger partial charge is 0.484 e. The number of carboxylic acids is 1. The molecule has 7 heteroatoms. The summed E-state index contributed by atoms with van der Waals surface area (Å²) in [5, 5.41) is 11.0. The van der Waals surface area contributed by atoms with E-state index in [2.05, 4.69) is 5.32 Å². The average Bonchev–Trinajstić information content (AvgIpc) is 2.44. The molecule has 0 spiro atoms. The van der Waals surface area contributed by atoms with Crippen LogP contribution in [0.4, 0.5) is 0 Å². The van der Waals surface area contributed by atoms with Crippen molar-refractivity contribution in [2.45, 2.75) is 25.8 Å². The maximum Gasteiger partial charge on any atom is 0.326 e. The lowest BCUT2D eigenvalue weighted by molar-refractivity contribution is -0.143. The van der Waals surface area contributed by atoms with Gasteiger partial charge in [-0.05, 0) is 24.1 Å². The molecule has 0 radical (unpaired) electrons. The summed E-state index contributed by atoms with van der Waals surface area (Å²) in [5.74, 6) is -2.24. The van der Waals surface area contributed by atoms with Crippen LogP contribution in [0.5, 0.6) is 5.75 Å². The molecule has 114 valence electrons. The smallest absolute Gasteiger partial charge is 0.326 e. The van der Waals surface area contributed by atoms with Crippen molar-refractivity contribution < 1.29 is 24.2 Å². The normalized spacial score (nSPS) is 11.5. The molecule has 1 aromatic carbocycles.